The van der Waals surface area contributed by atoms with Gasteiger partial charge in [-0.15, -0.1) is 0 Å². The molecule has 0 radical (unpaired) electrons. The van der Waals surface area contributed by atoms with Crippen LogP contribution in [0.5, 0.6) is 0 Å². The van der Waals surface area contributed by atoms with Crippen LogP contribution in [0.2, 0.25) is 0 Å². The van der Waals surface area contributed by atoms with E-state index in [0.717, 1.165) is 37.9 Å². The lowest BCUT2D eigenvalue weighted by Gasteiger charge is -2.72. The van der Waals surface area contributed by atoms with Crippen LogP contribution in [0.4, 0.5) is 0 Å². The van der Waals surface area contributed by atoms with Crippen LogP contribution in [-0.2, 0) is 9.84 Å². The molecule has 7 heteroatoms. The van der Waals surface area contributed by atoms with Crippen molar-refractivity contribution in [2.75, 3.05) is 51.3 Å². The van der Waals surface area contributed by atoms with Gasteiger partial charge in [0.1, 0.15) is 0 Å². The highest BCUT2D eigenvalue weighted by Gasteiger charge is 2.70. The summed E-state index contributed by atoms with van der Waals surface area (Å²) in [5.74, 6) is 3.13. The number of aromatic carboxylic acids is 1. The molecule has 52 heavy (non-hydrogen) atoms. The van der Waals surface area contributed by atoms with E-state index in [2.05, 4.69) is 71.0 Å². The Kier molecular flexibility index (Phi) is 9.85. The minimum absolute atomic E-state index is 0.0206. The summed E-state index contributed by atoms with van der Waals surface area (Å²) in [6.45, 7) is 24.5. The van der Waals surface area contributed by atoms with Crippen molar-refractivity contribution in [1.82, 2.24) is 9.80 Å². The maximum Gasteiger partial charge on any atom is 0.335 e. The van der Waals surface area contributed by atoms with E-state index in [-0.39, 0.29) is 10.8 Å². The predicted octanol–water partition coefficient (Wildman–Crippen LogP) is 9.09. The van der Waals surface area contributed by atoms with Crippen LogP contribution >= 0.6 is 0 Å². The SMILES string of the molecule is C=C(C)[C@@H]1CC[C@]2(CCN(C)CCN3CCS(=O)(=O)CC3)CC[C@]3(C)[C@H](CC[C@@H]4[C@@]5(C)CC=C(c6ccc(C(=O)O)cc6)C(C)(C)[C@@H]5CC[C@]43C)[C@@H]12. The molecule has 0 amide bonds. The number of nitrogens with zero attached hydrogens (tertiary/aromatic N) is 2. The Morgan fingerprint density at radius 1 is 0.904 bits per heavy atom. The van der Waals surface area contributed by atoms with Crippen molar-refractivity contribution in [2.24, 2.45) is 56.7 Å². The van der Waals surface area contributed by atoms with Crippen LogP contribution in [0, 0.1) is 56.7 Å². The Morgan fingerprint density at radius 3 is 2.25 bits per heavy atom. The van der Waals surface area contributed by atoms with Crippen LogP contribution in [0.3, 0.4) is 0 Å². The molecule has 0 aromatic heterocycles. The van der Waals surface area contributed by atoms with Crippen molar-refractivity contribution < 1.29 is 18.3 Å². The Hall–Kier alpha value is -1.96. The van der Waals surface area contributed by atoms with Gasteiger partial charge in [-0.05, 0) is 165 Å². The summed E-state index contributed by atoms with van der Waals surface area (Å²) < 4.78 is 23.9. The van der Waals surface area contributed by atoms with Crippen LogP contribution in [0.15, 0.2) is 42.5 Å². The second-order valence-corrected chi connectivity index (χ2v) is 22.3. The number of rotatable bonds is 9. The molecule has 1 aromatic carbocycles. The first kappa shape index (κ1) is 38.3. The number of fused-ring (bicyclic) bond motifs is 7. The Bertz CT molecular complexity index is 1690. The molecule has 5 fully saturated rings. The lowest BCUT2D eigenvalue weighted by molar-refractivity contribution is -0.226. The van der Waals surface area contributed by atoms with Crippen LogP contribution in [0.1, 0.15) is 122 Å². The molecular formula is C45H68N2O4S. The molecular weight excluding hydrogens is 665 g/mol. The fourth-order valence-corrected chi connectivity index (χ4v) is 15.7. The molecule has 6 nitrogen and oxygen atoms in total. The summed E-state index contributed by atoms with van der Waals surface area (Å²) in [6.07, 6.45) is 15.5. The predicted molar refractivity (Wildman–Crippen MR) is 213 cm³/mol. The van der Waals surface area contributed by atoms with Crippen molar-refractivity contribution in [2.45, 2.75) is 106 Å². The molecule has 288 valence electrons. The minimum atomic E-state index is -2.84. The summed E-state index contributed by atoms with van der Waals surface area (Å²) in [7, 11) is -0.556. The van der Waals surface area contributed by atoms with Gasteiger partial charge in [-0.1, -0.05) is 65.0 Å². The van der Waals surface area contributed by atoms with Gasteiger partial charge in [0.05, 0.1) is 17.1 Å². The first-order valence-electron chi connectivity index (χ1n) is 20.7. The number of carbonyl (C=O) groups is 1. The van der Waals surface area contributed by atoms with E-state index in [1.165, 1.54) is 74.5 Å². The summed E-state index contributed by atoms with van der Waals surface area (Å²) in [6, 6.07) is 7.62. The first-order valence-corrected chi connectivity index (χ1v) is 22.5. The molecule has 4 saturated carbocycles. The molecule has 1 N–H and O–H groups in total. The average Bonchev–Trinajstić information content (AvgIpc) is 3.47. The number of hydrogen-bond donors (Lipinski definition) is 1. The third-order valence-corrected chi connectivity index (χ3v) is 19.1. The zero-order valence-corrected chi connectivity index (χ0v) is 34.3. The van der Waals surface area contributed by atoms with Crippen LogP contribution in [-0.4, -0.2) is 80.6 Å². The van der Waals surface area contributed by atoms with Gasteiger partial charge in [-0.2, -0.15) is 0 Å². The second kappa shape index (κ2) is 13.4. The van der Waals surface area contributed by atoms with Gasteiger partial charge < -0.3 is 14.9 Å². The summed E-state index contributed by atoms with van der Waals surface area (Å²) in [4.78, 5) is 16.5. The van der Waals surface area contributed by atoms with E-state index in [1.807, 2.05) is 12.1 Å². The molecule has 1 saturated heterocycles. The van der Waals surface area contributed by atoms with Gasteiger partial charge in [0.2, 0.25) is 0 Å². The van der Waals surface area contributed by atoms with E-state index >= 15 is 0 Å². The Balaban J connectivity index is 1.11. The van der Waals surface area contributed by atoms with Gasteiger partial charge in [-0.25, -0.2) is 13.2 Å². The maximum absolute atomic E-state index is 11.9. The second-order valence-electron chi connectivity index (χ2n) is 20.0. The van der Waals surface area contributed by atoms with Crippen molar-refractivity contribution in [3.63, 3.8) is 0 Å². The quantitative estimate of drug-likeness (QED) is 0.256. The first-order chi connectivity index (χ1) is 24.4. The topological polar surface area (TPSA) is 77.9 Å². The fraction of sp³-hybridized carbons (Fsp3) is 0.756. The van der Waals surface area contributed by atoms with Gasteiger partial charge in [0.25, 0.3) is 0 Å². The number of carboxylic acids is 1. The monoisotopic (exact) mass is 732 g/mol. The van der Waals surface area contributed by atoms with Crippen molar-refractivity contribution in [1.29, 1.82) is 0 Å². The van der Waals surface area contributed by atoms with Gasteiger partial charge in [0.15, 0.2) is 9.84 Å². The summed E-state index contributed by atoms with van der Waals surface area (Å²) in [5.41, 5.74) is 5.64. The Morgan fingerprint density at radius 2 is 1.60 bits per heavy atom. The van der Waals surface area contributed by atoms with Crippen molar-refractivity contribution in [3.8, 4) is 0 Å². The number of carboxylic acid groups (broad SMARTS) is 1. The molecule has 1 aliphatic heterocycles. The van der Waals surface area contributed by atoms with Crippen molar-refractivity contribution in [3.05, 3.63) is 53.6 Å². The molecule has 7 rings (SSSR count). The number of likely N-dealkylation sites (N-methyl/N-ethyl adjacent to an activating group) is 1. The van der Waals surface area contributed by atoms with Gasteiger partial charge in [0, 0.05) is 26.2 Å². The van der Waals surface area contributed by atoms with E-state index in [9.17, 15) is 18.3 Å². The number of allylic oxidation sites excluding steroid dienone is 3. The van der Waals surface area contributed by atoms with E-state index in [1.54, 1.807) is 12.1 Å². The number of hydrogen-bond acceptors (Lipinski definition) is 5. The highest BCUT2D eigenvalue weighted by Crippen LogP contribution is 2.78. The molecule has 5 aliphatic carbocycles. The standard InChI is InChI=1S/C45H68N2O4S/c1-31(2)34-15-20-45(23-24-46(8)25-26-47-27-29-52(50,51)30-28-47)22-21-43(6)36(39(34)45)13-14-38-42(5)18-16-35(32-9-11-33(12-10-32)40(48)49)41(3,4)37(42)17-19-44(38,43)7/h9-12,16,34,36-39H,1,13-15,17-30H2,2-8H3,(H,48,49)/t34-,36+,37-,38+,39+,42-,43+,44+,45+/m0/s1. The van der Waals surface area contributed by atoms with Gasteiger partial charge >= 0.3 is 5.97 Å². The largest absolute Gasteiger partial charge is 0.478 e. The third kappa shape index (κ3) is 6.10. The van der Waals surface area contributed by atoms with Crippen molar-refractivity contribution >= 4 is 21.4 Å². The van der Waals surface area contributed by atoms with Gasteiger partial charge in [-0.3, -0.25) is 0 Å². The third-order valence-electron chi connectivity index (χ3n) is 17.5. The van der Waals surface area contributed by atoms with E-state index in [0.29, 0.717) is 64.2 Å². The molecule has 1 heterocycles. The normalized spacial score (nSPS) is 40.9. The molecule has 0 unspecified atom stereocenters. The summed E-state index contributed by atoms with van der Waals surface area (Å²) in [5, 5.41) is 9.51. The van der Waals surface area contributed by atoms with E-state index in [4.69, 9.17) is 0 Å². The average molecular weight is 733 g/mol. The number of sulfone groups is 1. The zero-order valence-electron chi connectivity index (χ0n) is 33.5. The lowest BCUT2D eigenvalue weighted by Crippen LogP contribution is -2.65. The highest BCUT2D eigenvalue weighted by molar-refractivity contribution is 7.91. The minimum Gasteiger partial charge on any atom is -0.478 e. The molecule has 1 aromatic rings. The smallest absolute Gasteiger partial charge is 0.335 e. The van der Waals surface area contributed by atoms with Crippen LogP contribution in [0.25, 0.3) is 5.57 Å². The molecule has 0 spiro atoms. The van der Waals surface area contributed by atoms with Crippen LogP contribution < -0.4 is 0 Å². The Labute approximate surface area is 315 Å². The maximum atomic E-state index is 11.9. The number of benzene rings is 1. The summed E-state index contributed by atoms with van der Waals surface area (Å²) >= 11 is 0. The fourth-order valence-electron chi connectivity index (χ4n) is 14.4. The molecule has 6 aliphatic rings. The molecule has 0 bridgehead atoms. The lowest BCUT2D eigenvalue weighted by atomic mass is 9.32. The van der Waals surface area contributed by atoms with E-state index < -0.39 is 15.8 Å². The zero-order chi connectivity index (χ0) is 37.5. The highest BCUT2D eigenvalue weighted by atomic mass is 32.2. The molecule has 9 atom stereocenters.